The van der Waals surface area contributed by atoms with Crippen LogP contribution in [0.15, 0.2) is 24.3 Å². The minimum atomic E-state index is 0.0658. The van der Waals surface area contributed by atoms with Gasteiger partial charge < -0.3 is 5.11 Å². The molecule has 16 heavy (non-hydrogen) atoms. The molecule has 0 aliphatic carbocycles. The van der Waals surface area contributed by atoms with Gasteiger partial charge in [0.05, 0.1) is 22.2 Å². The van der Waals surface area contributed by atoms with Crippen molar-refractivity contribution in [2.45, 2.75) is 26.9 Å². The molecule has 0 atom stereocenters. The molecule has 0 radical (unpaired) electrons. The highest BCUT2D eigenvalue weighted by Crippen LogP contribution is 2.28. The van der Waals surface area contributed by atoms with Gasteiger partial charge in [0.25, 0.3) is 0 Å². The van der Waals surface area contributed by atoms with Crippen LogP contribution in [0.3, 0.4) is 0 Å². The zero-order valence-corrected chi connectivity index (χ0v) is 10.3. The molecule has 1 heterocycles. The summed E-state index contributed by atoms with van der Waals surface area (Å²) in [4.78, 5) is 5.41. The highest BCUT2D eigenvalue weighted by Gasteiger charge is 2.09. The van der Waals surface area contributed by atoms with Crippen molar-refractivity contribution in [3.63, 3.8) is 0 Å². The first-order valence-corrected chi connectivity index (χ1v) is 6.22. The summed E-state index contributed by atoms with van der Waals surface area (Å²) in [5.41, 5.74) is 3.33. The first-order valence-electron chi connectivity index (χ1n) is 5.41. The molecule has 1 N–H and O–H groups in total. The summed E-state index contributed by atoms with van der Waals surface area (Å²) in [5, 5.41) is 10.3. The van der Waals surface area contributed by atoms with E-state index in [1.54, 1.807) is 11.3 Å². The van der Waals surface area contributed by atoms with E-state index < -0.39 is 0 Å². The Kier molecular flexibility index (Phi) is 3.36. The van der Waals surface area contributed by atoms with Gasteiger partial charge in [-0.15, -0.1) is 11.3 Å². The number of benzene rings is 1. The fourth-order valence-electron chi connectivity index (χ4n) is 1.70. The van der Waals surface area contributed by atoms with Gasteiger partial charge in [0.2, 0.25) is 0 Å². The van der Waals surface area contributed by atoms with E-state index in [0.717, 1.165) is 27.6 Å². The van der Waals surface area contributed by atoms with Crippen LogP contribution in [0.4, 0.5) is 0 Å². The van der Waals surface area contributed by atoms with Gasteiger partial charge in [-0.2, -0.15) is 0 Å². The van der Waals surface area contributed by atoms with Gasteiger partial charge in [-0.1, -0.05) is 31.2 Å². The van der Waals surface area contributed by atoms with Gasteiger partial charge in [0, 0.05) is 5.56 Å². The lowest BCUT2D eigenvalue weighted by Crippen LogP contribution is -1.86. The maximum absolute atomic E-state index is 9.26. The second-order valence-corrected chi connectivity index (χ2v) is 5.00. The summed E-state index contributed by atoms with van der Waals surface area (Å²) < 4.78 is 0. The number of rotatable bonds is 3. The van der Waals surface area contributed by atoms with E-state index in [1.807, 2.05) is 6.92 Å². The molecule has 3 heteroatoms. The molecular formula is C13H15NOS. The van der Waals surface area contributed by atoms with Gasteiger partial charge in [0.1, 0.15) is 0 Å². The third-order valence-electron chi connectivity index (χ3n) is 2.58. The quantitative estimate of drug-likeness (QED) is 0.883. The fourth-order valence-corrected chi connectivity index (χ4v) is 2.52. The van der Waals surface area contributed by atoms with Crippen LogP contribution in [-0.2, 0) is 13.0 Å². The normalized spacial score (nSPS) is 10.7. The van der Waals surface area contributed by atoms with Crippen LogP contribution in [0, 0.1) is 6.92 Å². The Labute approximate surface area is 99.6 Å². The van der Waals surface area contributed by atoms with Crippen molar-refractivity contribution in [3.8, 4) is 11.3 Å². The third-order valence-corrected chi connectivity index (χ3v) is 3.54. The van der Waals surface area contributed by atoms with Crippen molar-refractivity contribution in [1.29, 1.82) is 0 Å². The number of nitrogens with zero attached hydrogens (tertiary/aromatic N) is 1. The summed E-state index contributed by atoms with van der Waals surface area (Å²) in [6.07, 6.45) is 1.04. The van der Waals surface area contributed by atoms with Crippen LogP contribution >= 0.6 is 11.3 Å². The smallest absolute Gasteiger partial charge is 0.0905 e. The Balaban J connectivity index is 2.41. The van der Waals surface area contributed by atoms with Gasteiger partial charge in [-0.25, -0.2) is 4.98 Å². The van der Waals surface area contributed by atoms with Gasteiger partial charge in [-0.3, -0.25) is 0 Å². The van der Waals surface area contributed by atoms with Crippen LogP contribution in [0.5, 0.6) is 0 Å². The Morgan fingerprint density at radius 2 is 1.94 bits per heavy atom. The lowest BCUT2D eigenvalue weighted by atomic mass is 10.1. The summed E-state index contributed by atoms with van der Waals surface area (Å²) in [5.74, 6) is 0. The van der Waals surface area contributed by atoms with E-state index in [4.69, 9.17) is 0 Å². The Hall–Kier alpha value is -1.19. The number of aliphatic hydroxyl groups excluding tert-OH is 1. The molecule has 2 rings (SSSR count). The van der Waals surface area contributed by atoms with E-state index >= 15 is 0 Å². The average molecular weight is 233 g/mol. The number of thiazole rings is 1. The lowest BCUT2D eigenvalue weighted by molar-refractivity contribution is 0.286. The molecule has 0 spiro atoms. The fraction of sp³-hybridized carbons (Fsp3) is 0.308. The van der Waals surface area contributed by atoms with E-state index in [1.165, 1.54) is 5.56 Å². The summed E-state index contributed by atoms with van der Waals surface area (Å²) in [6, 6.07) is 8.38. The van der Waals surface area contributed by atoms with Crippen LogP contribution in [0.25, 0.3) is 11.3 Å². The molecule has 1 aromatic heterocycles. The minimum Gasteiger partial charge on any atom is -0.391 e. The largest absolute Gasteiger partial charge is 0.391 e. The second-order valence-electron chi connectivity index (χ2n) is 3.71. The summed E-state index contributed by atoms with van der Waals surface area (Å²) >= 11 is 1.56. The molecule has 0 aliphatic rings. The monoisotopic (exact) mass is 233 g/mol. The molecule has 84 valence electrons. The number of aryl methyl sites for hydroxylation is 2. The number of hydrogen-bond acceptors (Lipinski definition) is 3. The highest BCUT2D eigenvalue weighted by atomic mass is 32.1. The topological polar surface area (TPSA) is 33.1 Å². The molecule has 0 amide bonds. The van der Waals surface area contributed by atoms with Gasteiger partial charge >= 0.3 is 0 Å². The van der Waals surface area contributed by atoms with E-state index in [-0.39, 0.29) is 6.61 Å². The number of hydrogen-bond donors (Lipinski definition) is 1. The number of aromatic nitrogens is 1. The lowest BCUT2D eigenvalue weighted by Gasteiger charge is -2.01. The first-order chi connectivity index (χ1) is 7.74. The van der Waals surface area contributed by atoms with Crippen molar-refractivity contribution in [3.05, 3.63) is 39.7 Å². The predicted molar refractivity (Wildman–Crippen MR) is 67.6 cm³/mol. The van der Waals surface area contributed by atoms with Crippen LogP contribution in [0.1, 0.15) is 22.4 Å². The van der Waals surface area contributed by atoms with E-state index in [2.05, 4.69) is 36.2 Å². The van der Waals surface area contributed by atoms with Crippen molar-refractivity contribution >= 4 is 11.3 Å². The zero-order valence-electron chi connectivity index (χ0n) is 9.53. The summed E-state index contributed by atoms with van der Waals surface area (Å²) in [7, 11) is 0. The molecule has 2 nitrogen and oxygen atoms in total. The van der Waals surface area contributed by atoms with Gasteiger partial charge in [0.15, 0.2) is 0 Å². The van der Waals surface area contributed by atoms with E-state index in [0.29, 0.717) is 0 Å². The average Bonchev–Trinajstić information content (AvgIpc) is 2.70. The maximum atomic E-state index is 9.26. The molecular weight excluding hydrogens is 218 g/mol. The van der Waals surface area contributed by atoms with Crippen LogP contribution in [0.2, 0.25) is 0 Å². The summed E-state index contributed by atoms with van der Waals surface area (Å²) in [6.45, 7) is 4.17. The van der Waals surface area contributed by atoms with Crippen molar-refractivity contribution in [1.82, 2.24) is 4.98 Å². The van der Waals surface area contributed by atoms with Crippen molar-refractivity contribution in [2.24, 2.45) is 0 Å². The molecule has 0 saturated carbocycles. The first kappa shape index (κ1) is 11.3. The predicted octanol–water partition coefficient (Wildman–Crippen LogP) is 3.17. The molecule has 2 aromatic rings. The Bertz CT molecular complexity index is 473. The Morgan fingerprint density at radius 1 is 1.25 bits per heavy atom. The van der Waals surface area contributed by atoms with Crippen molar-refractivity contribution in [2.75, 3.05) is 0 Å². The molecule has 0 unspecified atom stereocenters. The minimum absolute atomic E-state index is 0.0658. The van der Waals surface area contributed by atoms with Crippen LogP contribution < -0.4 is 0 Å². The Morgan fingerprint density at radius 3 is 2.50 bits per heavy atom. The molecule has 0 fully saturated rings. The maximum Gasteiger partial charge on any atom is 0.0905 e. The third kappa shape index (κ3) is 2.15. The standard InChI is InChI=1S/C13H15NOS/c1-3-10-4-6-11(7-5-10)13-12(8-15)16-9(2)14-13/h4-7,15H,3,8H2,1-2H3. The van der Waals surface area contributed by atoms with Gasteiger partial charge in [-0.05, 0) is 18.9 Å². The highest BCUT2D eigenvalue weighted by molar-refractivity contribution is 7.12. The van der Waals surface area contributed by atoms with Crippen molar-refractivity contribution < 1.29 is 5.11 Å². The molecule has 0 aliphatic heterocycles. The SMILES string of the molecule is CCc1ccc(-c2nc(C)sc2CO)cc1. The van der Waals surface area contributed by atoms with Crippen LogP contribution in [-0.4, -0.2) is 10.1 Å². The number of aliphatic hydroxyl groups is 1. The molecule has 1 aromatic carbocycles. The zero-order chi connectivity index (χ0) is 11.5. The molecule has 0 saturated heterocycles. The second kappa shape index (κ2) is 4.76. The van der Waals surface area contributed by atoms with E-state index in [9.17, 15) is 5.11 Å². The molecule has 0 bridgehead atoms.